The Hall–Kier alpha value is -2.55. The Morgan fingerprint density at radius 1 is 1.27 bits per heavy atom. The lowest BCUT2D eigenvalue weighted by Gasteiger charge is -2.34. The Bertz CT molecular complexity index is 684. The summed E-state index contributed by atoms with van der Waals surface area (Å²) < 4.78 is 27.3. The van der Waals surface area contributed by atoms with Gasteiger partial charge in [-0.1, -0.05) is 12.1 Å². The van der Waals surface area contributed by atoms with Crippen LogP contribution in [0.4, 0.5) is 8.78 Å². The van der Waals surface area contributed by atoms with E-state index in [0.717, 1.165) is 6.07 Å². The molecule has 3 N–H and O–H groups in total. The zero-order chi connectivity index (χ0) is 19.1. The van der Waals surface area contributed by atoms with E-state index in [1.54, 1.807) is 4.90 Å². The molecule has 1 heterocycles. The van der Waals surface area contributed by atoms with Gasteiger partial charge in [-0.2, -0.15) is 0 Å². The summed E-state index contributed by atoms with van der Waals surface area (Å²) in [5, 5.41) is 7.84. The number of carbonyl (C=O) groups excluding carboxylic acids is 3. The van der Waals surface area contributed by atoms with Crippen molar-refractivity contribution in [3.05, 3.63) is 35.4 Å². The first kappa shape index (κ1) is 19.8. The van der Waals surface area contributed by atoms with E-state index >= 15 is 0 Å². The van der Waals surface area contributed by atoms with Crippen LogP contribution in [0.1, 0.15) is 18.9 Å². The number of halogens is 2. The number of carbonyl (C=O) groups is 3. The largest absolute Gasteiger partial charge is 0.355 e. The first-order valence-corrected chi connectivity index (χ1v) is 8.34. The SMILES string of the molecule is CC(=O)NCCNC(=O)C[C@@H]1C(=O)NCCN1Cc1cccc(F)c1F. The lowest BCUT2D eigenvalue weighted by Crippen LogP contribution is -2.56. The van der Waals surface area contributed by atoms with Gasteiger partial charge in [0.2, 0.25) is 17.7 Å². The van der Waals surface area contributed by atoms with Gasteiger partial charge in [0, 0.05) is 45.2 Å². The molecular weight excluding hydrogens is 346 g/mol. The number of amides is 3. The van der Waals surface area contributed by atoms with Gasteiger partial charge in [-0.15, -0.1) is 0 Å². The van der Waals surface area contributed by atoms with Crippen molar-refractivity contribution in [1.29, 1.82) is 0 Å². The normalized spacial score (nSPS) is 17.5. The molecule has 0 spiro atoms. The van der Waals surface area contributed by atoms with Crippen molar-refractivity contribution >= 4 is 17.7 Å². The van der Waals surface area contributed by atoms with Crippen LogP contribution in [0.5, 0.6) is 0 Å². The van der Waals surface area contributed by atoms with Gasteiger partial charge in [-0.05, 0) is 6.07 Å². The van der Waals surface area contributed by atoms with Gasteiger partial charge in [0.15, 0.2) is 11.6 Å². The Labute approximate surface area is 150 Å². The van der Waals surface area contributed by atoms with E-state index < -0.39 is 17.7 Å². The number of piperazine rings is 1. The third kappa shape index (κ3) is 5.48. The average molecular weight is 368 g/mol. The third-order valence-corrected chi connectivity index (χ3v) is 4.05. The maximum atomic E-state index is 13.9. The van der Waals surface area contributed by atoms with Gasteiger partial charge < -0.3 is 16.0 Å². The molecule has 1 aliphatic rings. The second-order valence-electron chi connectivity index (χ2n) is 6.03. The number of hydrogen-bond acceptors (Lipinski definition) is 4. The fraction of sp³-hybridized carbons (Fsp3) is 0.471. The average Bonchev–Trinajstić information content (AvgIpc) is 2.58. The van der Waals surface area contributed by atoms with Crippen LogP contribution in [-0.2, 0) is 20.9 Å². The summed E-state index contributed by atoms with van der Waals surface area (Å²) in [5.74, 6) is -2.78. The Morgan fingerprint density at radius 3 is 2.73 bits per heavy atom. The summed E-state index contributed by atoms with van der Waals surface area (Å²) in [5.41, 5.74) is 0.135. The van der Waals surface area contributed by atoms with E-state index in [1.807, 2.05) is 0 Å². The maximum Gasteiger partial charge on any atom is 0.237 e. The maximum absolute atomic E-state index is 13.9. The van der Waals surface area contributed by atoms with Gasteiger partial charge in [0.25, 0.3) is 0 Å². The van der Waals surface area contributed by atoms with Gasteiger partial charge in [0.05, 0.1) is 12.5 Å². The first-order valence-electron chi connectivity index (χ1n) is 8.34. The quantitative estimate of drug-likeness (QED) is 0.587. The van der Waals surface area contributed by atoms with E-state index in [4.69, 9.17) is 0 Å². The van der Waals surface area contributed by atoms with Crippen molar-refractivity contribution in [3.63, 3.8) is 0 Å². The Kier molecular flexibility index (Phi) is 7.02. The molecule has 9 heteroatoms. The minimum absolute atomic E-state index is 0.0286. The number of benzene rings is 1. The third-order valence-electron chi connectivity index (χ3n) is 4.05. The topological polar surface area (TPSA) is 90.5 Å². The Morgan fingerprint density at radius 2 is 2.00 bits per heavy atom. The number of hydrogen-bond donors (Lipinski definition) is 3. The molecule has 142 valence electrons. The summed E-state index contributed by atoms with van der Waals surface area (Å²) in [6.45, 7) is 2.72. The molecule has 26 heavy (non-hydrogen) atoms. The van der Waals surface area contributed by atoms with E-state index in [-0.39, 0.29) is 49.3 Å². The van der Waals surface area contributed by atoms with Crippen molar-refractivity contribution in [2.45, 2.75) is 25.9 Å². The number of nitrogens with one attached hydrogen (secondary N) is 3. The summed E-state index contributed by atoms with van der Waals surface area (Å²) in [4.78, 5) is 36.6. The van der Waals surface area contributed by atoms with Crippen molar-refractivity contribution in [3.8, 4) is 0 Å². The van der Waals surface area contributed by atoms with Crippen LogP contribution in [0.2, 0.25) is 0 Å². The van der Waals surface area contributed by atoms with Crippen LogP contribution in [0.3, 0.4) is 0 Å². The molecule has 0 aliphatic carbocycles. The van der Waals surface area contributed by atoms with Crippen molar-refractivity contribution in [2.24, 2.45) is 0 Å². The standard InChI is InChI=1S/C17H22F2N4O3/c1-11(24)20-5-6-21-15(25)9-14-17(26)22-7-8-23(14)10-12-3-2-4-13(18)16(12)19/h2-4,14H,5-10H2,1H3,(H,20,24)(H,21,25)(H,22,26)/t14-/m1/s1. The van der Waals surface area contributed by atoms with Crippen LogP contribution in [0.25, 0.3) is 0 Å². The van der Waals surface area contributed by atoms with Gasteiger partial charge in [-0.3, -0.25) is 19.3 Å². The van der Waals surface area contributed by atoms with Crippen molar-refractivity contribution in [1.82, 2.24) is 20.9 Å². The van der Waals surface area contributed by atoms with Gasteiger partial charge in [-0.25, -0.2) is 8.78 Å². The second kappa shape index (κ2) is 9.23. The molecule has 7 nitrogen and oxygen atoms in total. The van der Waals surface area contributed by atoms with E-state index in [2.05, 4.69) is 16.0 Å². The van der Waals surface area contributed by atoms with Gasteiger partial charge in [0.1, 0.15) is 0 Å². The highest BCUT2D eigenvalue weighted by molar-refractivity contribution is 5.88. The van der Waals surface area contributed by atoms with Crippen LogP contribution < -0.4 is 16.0 Å². The number of nitrogens with zero attached hydrogens (tertiary/aromatic N) is 1. The van der Waals surface area contributed by atoms with E-state index in [9.17, 15) is 23.2 Å². The first-order chi connectivity index (χ1) is 12.4. The predicted octanol–water partition coefficient (Wildman–Crippen LogP) is -0.0924. The molecule has 1 saturated heterocycles. The molecule has 0 bridgehead atoms. The fourth-order valence-electron chi connectivity index (χ4n) is 2.75. The van der Waals surface area contributed by atoms with Crippen LogP contribution in [0, 0.1) is 11.6 Å². The summed E-state index contributed by atoms with van der Waals surface area (Å²) in [6, 6.07) is 3.12. The molecule has 0 radical (unpaired) electrons. The van der Waals surface area contributed by atoms with E-state index in [1.165, 1.54) is 19.1 Å². The van der Waals surface area contributed by atoms with Crippen molar-refractivity contribution < 1.29 is 23.2 Å². The molecule has 2 rings (SSSR count). The molecule has 1 aliphatic heterocycles. The molecule has 0 saturated carbocycles. The van der Waals surface area contributed by atoms with E-state index in [0.29, 0.717) is 13.1 Å². The molecule has 1 atom stereocenters. The zero-order valence-corrected chi connectivity index (χ0v) is 14.5. The monoisotopic (exact) mass is 368 g/mol. The molecule has 0 unspecified atom stereocenters. The lowest BCUT2D eigenvalue weighted by atomic mass is 10.1. The Balaban J connectivity index is 1.96. The fourth-order valence-corrected chi connectivity index (χ4v) is 2.75. The zero-order valence-electron chi connectivity index (χ0n) is 14.5. The lowest BCUT2D eigenvalue weighted by molar-refractivity contribution is -0.134. The second-order valence-corrected chi connectivity index (χ2v) is 6.03. The summed E-state index contributed by atoms with van der Waals surface area (Å²) in [7, 11) is 0. The van der Waals surface area contributed by atoms with Crippen LogP contribution in [0.15, 0.2) is 18.2 Å². The number of rotatable bonds is 7. The molecule has 0 aromatic heterocycles. The highest BCUT2D eigenvalue weighted by Crippen LogP contribution is 2.17. The van der Waals surface area contributed by atoms with Crippen molar-refractivity contribution in [2.75, 3.05) is 26.2 Å². The minimum atomic E-state index is -0.948. The summed E-state index contributed by atoms with van der Waals surface area (Å²) in [6.07, 6.45) is -0.108. The van der Waals surface area contributed by atoms with Crippen LogP contribution in [-0.4, -0.2) is 54.8 Å². The highest BCUT2D eigenvalue weighted by atomic mass is 19.2. The minimum Gasteiger partial charge on any atom is -0.355 e. The molecule has 3 amide bonds. The van der Waals surface area contributed by atoms with Gasteiger partial charge >= 0.3 is 0 Å². The molecular formula is C17H22F2N4O3. The highest BCUT2D eigenvalue weighted by Gasteiger charge is 2.32. The van der Waals surface area contributed by atoms with Crippen LogP contribution >= 0.6 is 0 Å². The predicted molar refractivity (Wildman–Crippen MR) is 89.9 cm³/mol. The molecule has 1 aromatic rings. The summed E-state index contributed by atoms with van der Waals surface area (Å²) >= 11 is 0. The smallest absolute Gasteiger partial charge is 0.237 e. The molecule has 1 aromatic carbocycles. The molecule has 1 fully saturated rings.